The molecule has 0 radical (unpaired) electrons. The number of methoxy groups -OCH3 is 1. The molecule has 15 nitrogen and oxygen atoms in total. The van der Waals surface area contributed by atoms with E-state index in [2.05, 4.69) is 104 Å². The van der Waals surface area contributed by atoms with Gasteiger partial charge >= 0.3 is 5.97 Å². The zero-order valence-corrected chi connectivity index (χ0v) is 44.7. The summed E-state index contributed by atoms with van der Waals surface area (Å²) in [6.07, 6.45) is 10.6. The lowest BCUT2D eigenvalue weighted by molar-refractivity contribution is -0.150. The number of hydrazine groups is 1. The molecular weight excluding hydrogens is 921 g/mol. The number of esters is 1. The number of aliphatic imine (C=N–C) groups is 1. The van der Waals surface area contributed by atoms with Gasteiger partial charge in [0.2, 0.25) is 17.7 Å². The number of carbonyl (C=O) groups is 5. The highest BCUT2D eigenvalue weighted by atomic mass is 16.5. The summed E-state index contributed by atoms with van der Waals surface area (Å²) in [6, 6.07) is 12.3. The Labute approximate surface area is 432 Å². The average molecular weight is 999 g/mol. The maximum atomic E-state index is 14.8. The van der Waals surface area contributed by atoms with Crippen LogP contribution in [0.5, 0.6) is 0 Å². The predicted octanol–water partition coefficient (Wildman–Crippen LogP) is 7.15. The molecule has 1 aromatic heterocycles. The number of amides is 4. The zero-order chi connectivity index (χ0) is 52.7. The second-order valence-corrected chi connectivity index (χ2v) is 21.6. The Kier molecular flexibility index (Phi) is 17.8. The van der Waals surface area contributed by atoms with E-state index < -0.39 is 29.3 Å². The number of hydrogen-bond acceptors (Lipinski definition) is 10. The van der Waals surface area contributed by atoms with Crippen LogP contribution in [-0.2, 0) is 52.8 Å². The molecule has 2 saturated heterocycles. The lowest BCUT2D eigenvalue weighted by Gasteiger charge is -2.37. The van der Waals surface area contributed by atoms with Gasteiger partial charge in [0.1, 0.15) is 12.1 Å². The third-order valence-corrected chi connectivity index (χ3v) is 15.0. The van der Waals surface area contributed by atoms with Gasteiger partial charge in [0.25, 0.3) is 5.91 Å². The van der Waals surface area contributed by atoms with Gasteiger partial charge in [-0.2, -0.15) is 0 Å². The van der Waals surface area contributed by atoms with E-state index in [9.17, 15) is 24.0 Å². The fraction of sp³-hybridized carbons (Fsp3) is 0.517. The van der Waals surface area contributed by atoms with Gasteiger partial charge in [0.15, 0.2) is 0 Å². The standard InChI is InChI=1S/C58H78N8O7/c1-12-52(67)64-27-23-44(35-64)56(70)63(10)54(37(3)4)55(69)60-49-29-40-16-14-17-42(28-40)43-19-20-50-46(30-43)47(33-58(7,8)36-73-53(68)31-45-18-15-24-66(61-45)57(49)71)51(65(50)13-2)32-48(39(6)72-11)59-34-38(5)41-21-25-62(9)26-22-41/h12,14,16-17,19-21,28,30,32,34,37,39,44-45,49,54,61H,1,5,13,15,18,22-27,29,31,33,35-36H2,2-4,6-11H3,(H,60,69)/b48-32+,59-34-/t39-,44-,45-,49-,54-/m0/s1. The minimum atomic E-state index is -1.02. The second-order valence-electron chi connectivity index (χ2n) is 21.6. The summed E-state index contributed by atoms with van der Waals surface area (Å²) in [5.41, 5.74) is 11.6. The Morgan fingerprint density at radius 2 is 1.82 bits per heavy atom. The maximum absolute atomic E-state index is 14.8. The van der Waals surface area contributed by atoms with E-state index in [1.54, 1.807) is 19.1 Å². The van der Waals surface area contributed by atoms with E-state index in [0.717, 1.165) is 69.6 Å². The highest BCUT2D eigenvalue weighted by molar-refractivity contribution is 5.95. The molecular formula is C58H78N8O7. The number of likely N-dealkylation sites (tertiary alicyclic amines) is 1. The summed E-state index contributed by atoms with van der Waals surface area (Å²) in [4.78, 5) is 79.9. The van der Waals surface area contributed by atoms with Gasteiger partial charge in [-0.3, -0.25) is 34.0 Å². The summed E-state index contributed by atoms with van der Waals surface area (Å²) < 4.78 is 14.4. The molecule has 2 fully saturated rings. The molecule has 5 atom stereocenters. The minimum absolute atomic E-state index is 0.0555. The fourth-order valence-corrected chi connectivity index (χ4v) is 10.8. The van der Waals surface area contributed by atoms with Crippen LogP contribution in [0.4, 0.5) is 0 Å². The van der Waals surface area contributed by atoms with Crippen LogP contribution in [0.1, 0.15) is 90.5 Å². The topological polar surface area (TPSA) is 158 Å². The molecule has 2 N–H and O–H groups in total. The van der Waals surface area contributed by atoms with Crippen LogP contribution in [0.3, 0.4) is 0 Å². The Balaban J connectivity index is 1.28. The molecule has 0 saturated carbocycles. The molecule has 0 spiro atoms. The van der Waals surface area contributed by atoms with Gasteiger partial charge in [-0.05, 0) is 117 Å². The molecule has 392 valence electrons. The number of nitrogens with zero attached hydrogens (tertiary/aromatic N) is 6. The lowest BCUT2D eigenvalue weighted by atomic mass is 9.85. The summed E-state index contributed by atoms with van der Waals surface area (Å²) in [5.74, 6) is -2.39. The number of allylic oxidation sites excluding steroid dienone is 1. The third kappa shape index (κ3) is 13.0. The monoisotopic (exact) mass is 999 g/mol. The van der Waals surface area contributed by atoms with Crippen molar-refractivity contribution in [1.29, 1.82) is 0 Å². The van der Waals surface area contributed by atoms with Gasteiger partial charge in [0.05, 0.1) is 30.7 Å². The van der Waals surface area contributed by atoms with Crippen molar-refractivity contribution >= 4 is 52.8 Å². The predicted molar refractivity (Wildman–Crippen MR) is 288 cm³/mol. The quantitative estimate of drug-likeness (QED) is 0.103. The first-order chi connectivity index (χ1) is 34.8. The van der Waals surface area contributed by atoms with Crippen molar-refractivity contribution in [2.45, 2.75) is 117 Å². The van der Waals surface area contributed by atoms with Crippen molar-refractivity contribution in [3.63, 3.8) is 0 Å². The number of aryl methyl sites for hydroxylation is 1. The molecule has 5 heterocycles. The molecule has 73 heavy (non-hydrogen) atoms. The Bertz CT molecular complexity index is 2680. The number of ether oxygens (including phenoxy) is 2. The molecule has 0 unspecified atom stereocenters. The fourth-order valence-electron chi connectivity index (χ4n) is 10.8. The number of fused-ring (bicyclic) bond motifs is 6. The first-order valence-electron chi connectivity index (χ1n) is 26.1. The van der Waals surface area contributed by atoms with Crippen molar-refractivity contribution in [2.24, 2.45) is 22.2 Å². The van der Waals surface area contributed by atoms with Crippen molar-refractivity contribution in [1.82, 2.24) is 35.0 Å². The molecule has 4 amide bonds. The largest absolute Gasteiger partial charge is 0.465 e. The van der Waals surface area contributed by atoms with Crippen molar-refractivity contribution in [3.8, 4) is 11.1 Å². The number of rotatable bonds is 13. The van der Waals surface area contributed by atoms with Crippen molar-refractivity contribution < 1.29 is 33.4 Å². The zero-order valence-electron chi connectivity index (χ0n) is 44.7. The smallest absolute Gasteiger partial charge is 0.307 e. The number of aromatic nitrogens is 1. The number of benzene rings is 2. The number of likely N-dealkylation sites (N-methyl/N-ethyl adjacent to an activating group) is 2. The Morgan fingerprint density at radius 1 is 1.05 bits per heavy atom. The van der Waals surface area contributed by atoms with Crippen LogP contribution in [0.2, 0.25) is 0 Å². The maximum Gasteiger partial charge on any atom is 0.307 e. The van der Waals surface area contributed by atoms with Crippen LogP contribution in [0.15, 0.2) is 89.6 Å². The van der Waals surface area contributed by atoms with E-state index in [0.29, 0.717) is 45.3 Å². The molecule has 3 aromatic rings. The van der Waals surface area contributed by atoms with E-state index >= 15 is 0 Å². The summed E-state index contributed by atoms with van der Waals surface area (Å²) in [6.45, 7) is 23.8. The lowest BCUT2D eigenvalue weighted by Crippen LogP contribution is -2.61. The van der Waals surface area contributed by atoms with Crippen LogP contribution in [-0.4, -0.2) is 145 Å². The van der Waals surface area contributed by atoms with Crippen LogP contribution in [0.25, 0.3) is 28.1 Å². The molecule has 7 rings (SSSR count). The third-order valence-electron chi connectivity index (χ3n) is 15.0. The normalized spacial score (nSPS) is 22.1. The van der Waals surface area contributed by atoms with E-state index in [4.69, 9.17) is 14.5 Å². The van der Waals surface area contributed by atoms with E-state index in [1.165, 1.54) is 21.6 Å². The Morgan fingerprint density at radius 3 is 2.52 bits per heavy atom. The van der Waals surface area contributed by atoms with Gasteiger partial charge in [0, 0.05) is 94.1 Å². The SMILES string of the molecule is C=CC(=O)N1CC[C@H](C(=O)N(C)[C@H](C(=O)N[C@H]2Cc3cccc(c3)-c3ccc4c(c3)c(c(/C=C(/N=C\C(=C)C3=CCN(C)CC3)[C@H](C)OC)n4CC)CC(C)(C)COC(=O)C[C@@H]3CCCN(N3)C2=O)C(C)C)C1. The Hall–Kier alpha value is -6.16. The van der Waals surface area contributed by atoms with Crippen LogP contribution < -0.4 is 10.7 Å². The molecule has 2 aromatic carbocycles. The highest BCUT2D eigenvalue weighted by Gasteiger charge is 2.39. The van der Waals surface area contributed by atoms with Crippen molar-refractivity contribution in [3.05, 3.63) is 101 Å². The highest BCUT2D eigenvalue weighted by Crippen LogP contribution is 2.37. The molecule has 4 aliphatic heterocycles. The number of nitrogens with one attached hydrogen (secondary N) is 2. The van der Waals surface area contributed by atoms with Gasteiger partial charge in [-0.15, -0.1) is 0 Å². The number of hydrogen-bond donors (Lipinski definition) is 2. The van der Waals surface area contributed by atoms with Gasteiger partial charge < -0.3 is 34.1 Å². The first-order valence-corrected chi connectivity index (χ1v) is 26.1. The molecule has 15 heteroatoms. The van der Waals surface area contributed by atoms with Crippen LogP contribution in [0, 0.1) is 17.3 Å². The second kappa shape index (κ2) is 23.8. The van der Waals surface area contributed by atoms with Crippen molar-refractivity contribution in [2.75, 3.05) is 60.5 Å². The van der Waals surface area contributed by atoms with Gasteiger partial charge in [-0.1, -0.05) is 77.3 Å². The molecule has 6 bridgehead atoms. The molecule has 4 aliphatic rings. The summed E-state index contributed by atoms with van der Waals surface area (Å²) >= 11 is 0. The van der Waals surface area contributed by atoms with E-state index in [1.807, 2.05) is 39.1 Å². The average Bonchev–Trinajstić information content (AvgIpc) is 3.98. The minimum Gasteiger partial charge on any atom is -0.465 e. The summed E-state index contributed by atoms with van der Waals surface area (Å²) in [7, 11) is 5.42. The molecule has 0 aliphatic carbocycles. The summed E-state index contributed by atoms with van der Waals surface area (Å²) in [5, 5.41) is 5.69. The number of carbonyl (C=O) groups excluding carboxylic acids is 5. The van der Waals surface area contributed by atoms with Gasteiger partial charge in [-0.25, -0.2) is 5.43 Å². The van der Waals surface area contributed by atoms with E-state index in [-0.39, 0.29) is 67.7 Å². The van der Waals surface area contributed by atoms with Crippen LogP contribution >= 0.6 is 0 Å². The first kappa shape index (κ1) is 54.6. The number of cyclic esters (lactones) is 1.